The van der Waals surface area contributed by atoms with Gasteiger partial charge < -0.3 is 5.32 Å². The quantitative estimate of drug-likeness (QED) is 0.483. The molecule has 46 valence electrons. The zero-order valence-electron chi connectivity index (χ0n) is 5.27. The summed E-state index contributed by atoms with van der Waals surface area (Å²) in [6.45, 7) is 4.91. The molecule has 1 rings (SSSR count). The molecule has 0 unspecified atom stereocenters. The van der Waals surface area contributed by atoms with Crippen LogP contribution in [0.5, 0.6) is 0 Å². The van der Waals surface area contributed by atoms with E-state index < -0.39 is 0 Å². The second-order valence-corrected chi connectivity index (χ2v) is 2.51. The number of nitrogens with one attached hydrogen (secondary N) is 1. The number of carbonyl (C=O) groups is 1. The van der Waals surface area contributed by atoms with Gasteiger partial charge in [0.05, 0.1) is 0 Å². The molecular formula is C6H11NO. The van der Waals surface area contributed by atoms with Gasteiger partial charge in [-0.3, -0.25) is 4.79 Å². The zero-order chi connectivity index (χ0) is 6.15. The summed E-state index contributed by atoms with van der Waals surface area (Å²) < 4.78 is 0. The summed E-state index contributed by atoms with van der Waals surface area (Å²) in [5.74, 6) is 0.968. The first kappa shape index (κ1) is 5.60. The van der Waals surface area contributed by atoms with Crippen LogP contribution in [-0.4, -0.2) is 12.5 Å². The van der Waals surface area contributed by atoms with Gasteiger partial charge in [-0.15, -0.1) is 0 Å². The summed E-state index contributed by atoms with van der Waals surface area (Å²) in [7, 11) is 0. The van der Waals surface area contributed by atoms with Crippen LogP contribution in [0.3, 0.4) is 0 Å². The molecule has 0 saturated carbocycles. The number of hydrogen-bond donors (Lipinski definition) is 1. The Bertz CT molecular complexity index is 111. The monoisotopic (exact) mass is 113 g/mol. The molecule has 1 amide bonds. The molecule has 1 heterocycles. The van der Waals surface area contributed by atoms with Gasteiger partial charge in [0, 0.05) is 12.5 Å². The molecule has 0 spiro atoms. The lowest BCUT2D eigenvalue weighted by Gasteiger charge is -2.00. The van der Waals surface area contributed by atoms with E-state index in [4.69, 9.17) is 0 Å². The van der Waals surface area contributed by atoms with E-state index in [1.54, 1.807) is 0 Å². The van der Waals surface area contributed by atoms with E-state index in [1.165, 1.54) is 0 Å². The molecule has 2 heteroatoms. The van der Waals surface area contributed by atoms with Crippen LogP contribution in [0.2, 0.25) is 0 Å². The molecular weight excluding hydrogens is 102 g/mol. The van der Waals surface area contributed by atoms with E-state index in [2.05, 4.69) is 12.2 Å². The molecule has 2 nitrogen and oxygen atoms in total. The number of amides is 1. The average Bonchev–Trinajstić information content (AvgIpc) is 1.98. The van der Waals surface area contributed by atoms with Crippen molar-refractivity contribution >= 4 is 5.91 Å². The maximum atomic E-state index is 10.7. The minimum atomic E-state index is 0.206. The number of carbonyl (C=O) groups excluding carboxylic acids is 1. The highest BCUT2D eigenvalue weighted by Gasteiger charge is 2.26. The standard InChI is InChI=1S/C6H11NO/c1-4-3-7-6(8)5(4)2/h4-5H,3H2,1-2H3,(H,7,8)/t4-,5+/m1/s1. The van der Waals surface area contributed by atoms with Crippen molar-refractivity contribution in [2.75, 3.05) is 6.54 Å². The highest BCUT2D eigenvalue weighted by atomic mass is 16.2. The van der Waals surface area contributed by atoms with Gasteiger partial charge in [0.2, 0.25) is 5.91 Å². The van der Waals surface area contributed by atoms with E-state index in [9.17, 15) is 4.79 Å². The maximum Gasteiger partial charge on any atom is 0.223 e. The van der Waals surface area contributed by atoms with E-state index in [-0.39, 0.29) is 11.8 Å². The van der Waals surface area contributed by atoms with Crippen molar-refractivity contribution in [3.05, 3.63) is 0 Å². The summed E-state index contributed by atoms with van der Waals surface area (Å²) in [5.41, 5.74) is 0. The fourth-order valence-electron chi connectivity index (χ4n) is 0.858. The Balaban J connectivity index is 2.56. The van der Waals surface area contributed by atoms with Gasteiger partial charge in [-0.1, -0.05) is 13.8 Å². The van der Waals surface area contributed by atoms with Crippen molar-refractivity contribution in [3.63, 3.8) is 0 Å². The molecule has 0 aromatic rings. The third-order valence-electron chi connectivity index (χ3n) is 1.87. The summed E-state index contributed by atoms with van der Waals surface area (Å²) >= 11 is 0. The Hall–Kier alpha value is -0.530. The minimum absolute atomic E-state index is 0.206. The Morgan fingerprint density at radius 1 is 1.62 bits per heavy atom. The second kappa shape index (κ2) is 1.77. The Labute approximate surface area is 49.3 Å². The van der Waals surface area contributed by atoms with Gasteiger partial charge >= 0.3 is 0 Å². The predicted octanol–water partition coefficient (Wildman–Crippen LogP) is 0.388. The molecule has 1 aliphatic heterocycles. The zero-order valence-corrected chi connectivity index (χ0v) is 5.27. The Morgan fingerprint density at radius 3 is 2.38 bits per heavy atom. The summed E-state index contributed by atoms with van der Waals surface area (Å²) in [6, 6.07) is 0. The lowest BCUT2D eigenvalue weighted by Crippen LogP contribution is -2.16. The van der Waals surface area contributed by atoms with E-state index in [0.717, 1.165) is 6.54 Å². The van der Waals surface area contributed by atoms with Crippen LogP contribution in [0, 0.1) is 11.8 Å². The van der Waals surface area contributed by atoms with Crippen molar-refractivity contribution < 1.29 is 4.79 Å². The molecule has 0 aliphatic carbocycles. The van der Waals surface area contributed by atoms with Gasteiger partial charge in [-0.25, -0.2) is 0 Å². The van der Waals surface area contributed by atoms with Crippen molar-refractivity contribution in [3.8, 4) is 0 Å². The second-order valence-electron chi connectivity index (χ2n) is 2.51. The van der Waals surface area contributed by atoms with Gasteiger partial charge in [0.15, 0.2) is 0 Å². The highest BCUT2D eigenvalue weighted by molar-refractivity contribution is 5.80. The van der Waals surface area contributed by atoms with Crippen LogP contribution in [0.4, 0.5) is 0 Å². The Morgan fingerprint density at radius 2 is 2.25 bits per heavy atom. The maximum absolute atomic E-state index is 10.7. The minimum Gasteiger partial charge on any atom is -0.356 e. The molecule has 0 aromatic heterocycles. The largest absolute Gasteiger partial charge is 0.356 e. The van der Waals surface area contributed by atoms with E-state index >= 15 is 0 Å². The predicted molar refractivity (Wildman–Crippen MR) is 31.3 cm³/mol. The normalized spacial score (nSPS) is 37.5. The van der Waals surface area contributed by atoms with Crippen LogP contribution < -0.4 is 5.32 Å². The van der Waals surface area contributed by atoms with Crippen LogP contribution in [0.1, 0.15) is 13.8 Å². The lowest BCUT2D eigenvalue weighted by atomic mass is 10.0. The Kier molecular flexibility index (Phi) is 1.24. The van der Waals surface area contributed by atoms with E-state index in [0.29, 0.717) is 5.92 Å². The van der Waals surface area contributed by atoms with Gasteiger partial charge in [-0.2, -0.15) is 0 Å². The van der Waals surface area contributed by atoms with Crippen molar-refractivity contribution in [2.24, 2.45) is 11.8 Å². The van der Waals surface area contributed by atoms with E-state index in [1.807, 2.05) is 6.92 Å². The van der Waals surface area contributed by atoms with Crippen LogP contribution in [0.25, 0.3) is 0 Å². The smallest absolute Gasteiger partial charge is 0.223 e. The molecule has 0 radical (unpaired) electrons. The van der Waals surface area contributed by atoms with Crippen molar-refractivity contribution in [1.82, 2.24) is 5.32 Å². The number of rotatable bonds is 0. The first-order valence-electron chi connectivity index (χ1n) is 2.99. The van der Waals surface area contributed by atoms with Crippen LogP contribution in [0.15, 0.2) is 0 Å². The summed E-state index contributed by atoms with van der Waals surface area (Å²) in [4.78, 5) is 10.7. The molecule has 1 fully saturated rings. The number of hydrogen-bond acceptors (Lipinski definition) is 1. The van der Waals surface area contributed by atoms with Gasteiger partial charge in [-0.05, 0) is 5.92 Å². The molecule has 2 atom stereocenters. The third-order valence-corrected chi connectivity index (χ3v) is 1.87. The van der Waals surface area contributed by atoms with Crippen molar-refractivity contribution in [2.45, 2.75) is 13.8 Å². The average molecular weight is 113 g/mol. The van der Waals surface area contributed by atoms with Crippen molar-refractivity contribution in [1.29, 1.82) is 0 Å². The third kappa shape index (κ3) is 0.703. The molecule has 1 saturated heterocycles. The fraction of sp³-hybridized carbons (Fsp3) is 0.833. The topological polar surface area (TPSA) is 29.1 Å². The first-order valence-corrected chi connectivity index (χ1v) is 2.99. The first-order chi connectivity index (χ1) is 3.72. The van der Waals surface area contributed by atoms with Crippen LogP contribution in [-0.2, 0) is 4.79 Å². The molecule has 0 bridgehead atoms. The lowest BCUT2D eigenvalue weighted by molar-refractivity contribution is -0.122. The van der Waals surface area contributed by atoms with Gasteiger partial charge in [0.25, 0.3) is 0 Å². The highest BCUT2D eigenvalue weighted by Crippen LogP contribution is 2.14. The molecule has 8 heavy (non-hydrogen) atoms. The molecule has 1 aliphatic rings. The van der Waals surface area contributed by atoms with Crippen LogP contribution >= 0.6 is 0 Å². The molecule has 1 N–H and O–H groups in total. The fourth-order valence-corrected chi connectivity index (χ4v) is 0.858. The van der Waals surface area contributed by atoms with Gasteiger partial charge in [0.1, 0.15) is 0 Å². The summed E-state index contributed by atoms with van der Waals surface area (Å²) in [5, 5.41) is 2.78. The molecule has 0 aromatic carbocycles. The summed E-state index contributed by atoms with van der Waals surface area (Å²) in [6.07, 6.45) is 0. The SMILES string of the molecule is C[C@@H]1CNC(=O)[C@H]1C.